The lowest BCUT2D eigenvalue weighted by Gasteiger charge is -2.04. The summed E-state index contributed by atoms with van der Waals surface area (Å²) >= 11 is 0. The number of imidazole rings is 2. The third-order valence-electron chi connectivity index (χ3n) is 5.70. The smallest absolute Gasteiger partial charge is 0.138 e. The molecule has 2 heterocycles. The maximum Gasteiger partial charge on any atom is 0.138 e. The standard InChI is InChI=1S/C28H20N4/c1-3-7-19(8-4-1)25-17-30-28(31-25)24-14-12-21-15-23(13-11-22(21)16-24)26-18-29-27(32-26)20-9-5-2-6-10-20/h1-18H,(H,29,32)(H,30,31). The summed E-state index contributed by atoms with van der Waals surface area (Å²) in [5, 5.41) is 2.35. The highest BCUT2D eigenvalue weighted by molar-refractivity contribution is 5.90. The molecule has 2 aromatic heterocycles. The van der Waals surface area contributed by atoms with E-state index in [2.05, 4.69) is 75.6 Å². The first kappa shape index (κ1) is 18.3. The molecule has 0 radical (unpaired) electrons. The molecule has 0 amide bonds. The molecule has 0 fully saturated rings. The summed E-state index contributed by atoms with van der Waals surface area (Å²) in [5.74, 6) is 1.75. The van der Waals surface area contributed by atoms with Crippen LogP contribution in [0.4, 0.5) is 0 Å². The monoisotopic (exact) mass is 412 g/mol. The Kier molecular flexibility index (Phi) is 4.40. The number of nitrogens with zero attached hydrogens (tertiary/aromatic N) is 2. The minimum atomic E-state index is 0.871. The van der Waals surface area contributed by atoms with Crippen LogP contribution in [0.5, 0.6) is 0 Å². The van der Waals surface area contributed by atoms with Crippen LogP contribution in [0.3, 0.4) is 0 Å². The molecule has 4 aromatic carbocycles. The van der Waals surface area contributed by atoms with Crippen molar-refractivity contribution in [2.24, 2.45) is 0 Å². The highest BCUT2D eigenvalue weighted by Crippen LogP contribution is 2.29. The third-order valence-corrected chi connectivity index (χ3v) is 5.70. The van der Waals surface area contributed by atoms with Gasteiger partial charge in [-0.2, -0.15) is 0 Å². The van der Waals surface area contributed by atoms with Crippen LogP contribution in [0.25, 0.3) is 56.1 Å². The van der Waals surface area contributed by atoms with E-state index in [0.717, 1.165) is 45.3 Å². The molecule has 0 atom stereocenters. The van der Waals surface area contributed by atoms with Crippen LogP contribution in [0.15, 0.2) is 109 Å². The van der Waals surface area contributed by atoms with Crippen molar-refractivity contribution in [3.63, 3.8) is 0 Å². The topological polar surface area (TPSA) is 57.4 Å². The van der Waals surface area contributed by atoms with E-state index < -0.39 is 0 Å². The molecule has 0 saturated carbocycles. The average molecular weight is 412 g/mol. The normalized spacial score (nSPS) is 11.1. The highest BCUT2D eigenvalue weighted by atomic mass is 14.9. The Morgan fingerprint density at radius 3 is 1.97 bits per heavy atom. The van der Waals surface area contributed by atoms with Crippen molar-refractivity contribution in [1.82, 2.24) is 19.9 Å². The predicted molar refractivity (Wildman–Crippen MR) is 130 cm³/mol. The number of rotatable bonds is 4. The van der Waals surface area contributed by atoms with Crippen molar-refractivity contribution in [2.45, 2.75) is 0 Å². The van der Waals surface area contributed by atoms with Crippen LogP contribution in [-0.2, 0) is 0 Å². The molecule has 0 bridgehead atoms. The lowest BCUT2D eigenvalue weighted by Crippen LogP contribution is -1.84. The third kappa shape index (κ3) is 3.38. The van der Waals surface area contributed by atoms with Crippen molar-refractivity contribution in [2.75, 3.05) is 0 Å². The predicted octanol–water partition coefficient (Wildman–Crippen LogP) is 6.95. The van der Waals surface area contributed by atoms with Gasteiger partial charge < -0.3 is 9.97 Å². The van der Waals surface area contributed by atoms with Crippen LogP contribution < -0.4 is 0 Å². The average Bonchev–Trinajstić information content (AvgIpc) is 3.55. The second-order valence-corrected chi connectivity index (χ2v) is 7.79. The SMILES string of the molecule is c1ccc(-c2c[nH]c(-c3ccc4cc(-c5cnc(-c6ccccc6)[nH]5)ccc4c3)n2)cc1. The van der Waals surface area contributed by atoms with E-state index >= 15 is 0 Å². The molecule has 0 aliphatic carbocycles. The maximum absolute atomic E-state index is 4.79. The second kappa shape index (κ2) is 7.67. The fourth-order valence-corrected chi connectivity index (χ4v) is 4.00. The quantitative estimate of drug-likeness (QED) is 0.329. The molecule has 0 spiro atoms. The van der Waals surface area contributed by atoms with Gasteiger partial charge in [-0.3, -0.25) is 0 Å². The van der Waals surface area contributed by atoms with Gasteiger partial charge in [0.15, 0.2) is 0 Å². The van der Waals surface area contributed by atoms with Gasteiger partial charge in [-0.05, 0) is 22.9 Å². The molecule has 0 unspecified atom stereocenters. The van der Waals surface area contributed by atoms with Gasteiger partial charge in [0.2, 0.25) is 0 Å². The van der Waals surface area contributed by atoms with Crippen molar-refractivity contribution in [3.05, 3.63) is 109 Å². The maximum atomic E-state index is 4.79. The number of fused-ring (bicyclic) bond motifs is 1. The molecule has 0 saturated heterocycles. The summed E-state index contributed by atoms with van der Waals surface area (Å²) in [6, 6.07) is 33.3. The molecule has 4 nitrogen and oxygen atoms in total. The summed E-state index contributed by atoms with van der Waals surface area (Å²) in [6.45, 7) is 0. The fourth-order valence-electron chi connectivity index (χ4n) is 4.00. The van der Waals surface area contributed by atoms with Crippen LogP contribution in [0, 0.1) is 0 Å². The zero-order valence-electron chi connectivity index (χ0n) is 17.3. The van der Waals surface area contributed by atoms with Crippen molar-refractivity contribution < 1.29 is 0 Å². The van der Waals surface area contributed by atoms with E-state index in [1.54, 1.807) is 0 Å². The van der Waals surface area contributed by atoms with Crippen molar-refractivity contribution in [3.8, 4) is 45.3 Å². The number of H-pyrrole nitrogens is 2. The number of benzene rings is 4. The summed E-state index contributed by atoms with van der Waals surface area (Å²) < 4.78 is 0. The first-order chi connectivity index (χ1) is 15.8. The molecule has 6 rings (SSSR count). The van der Waals surface area contributed by atoms with Gasteiger partial charge in [-0.15, -0.1) is 0 Å². The molecule has 152 valence electrons. The van der Waals surface area contributed by atoms with E-state index in [0.29, 0.717) is 0 Å². The molecule has 32 heavy (non-hydrogen) atoms. The van der Waals surface area contributed by atoms with Crippen LogP contribution in [-0.4, -0.2) is 19.9 Å². The Labute approximate surface area is 185 Å². The largest absolute Gasteiger partial charge is 0.344 e. The zero-order valence-corrected chi connectivity index (χ0v) is 17.3. The minimum absolute atomic E-state index is 0.871. The highest BCUT2D eigenvalue weighted by Gasteiger charge is 2.09. The molecule has 0 aliphatic heterocycles. The van der Waals surface area contributed by atoms with Crippen molar-refractivity contribution >= 4 is 10.8 Å². The van der Waals surface area contributed by atoms with E-state index in [1.807, 2.05) is 48.8 Å². The molecule has 0 aliphatic rings. The number of hydrogen-bond acceptors (Lipinski definition) is 2. The first-order valence-corrected chi connectivity index (χ1v) is 10.6. The first-order valence-electron chi connectivity index (χ1n) is 10.6. The Morgan fingerprint density at radius 1 is 0.562 bits per heavy atom. The van der Waals surface area contributed by atoms with Gasteiger partial charge in [0, 0.05) is 28.5 Å². The Hall–Kier alpha value is -4.44. The number of aromatic amines is 2. The number of hydrogen-bond donors (Lipinski definition) is 2. The lowest BCUT2D eigenvalue weighted by atomic mass is 10.0. The zero-order chi connectivity index (χ0) is 21.3. The van der Waals surface area contributed by atoms with Gasteiger partial charge in [-0.1, -0.05) is 84.9 Å². The Balaban J connectivity index is 1.31. The van der Waals surface area contributed by atoms with Gasteiger partial charge in [0.1, 0.15) is 11.6 Å². The molecular formula is C28H20N4. The Morgan fingerprint density at radius 2 is 1.22 bits per heavy atom. The molecule has 6 aromatic rings. The fraction of sp³-hybridized carbons (Fsp3) is 0. The second-order valence-electron chi connectivity index (χ2n) is 7.79. The summed E-state index contributed by atoms with van der Waals surface area (Å²) in [6.07, 6.45) is 3.85. The van der Waals surface area contributed by atoms with Crippen molar-refractivity contribution in [1.29, 1.82) is 0 Å². The molecule has 4 heteroatoms. The Bertz CT molecular complexity index is 1390. The van der Waals surface area contributed by atoms with E-state index in [4.69, 9.17) is 4.98 Å². The van der Waals surface area contributed by atoms with Crippen LogP contribution in [0.1, 0.15) is 0 Å². The van der Waals surface area contributed by atoms with E-state index in [1.165, 1.54) is 10.8 Å². The van der Waals surface area contributed by atoms with Gasteiger partial charge in [0.05, 0.1) is 17.6 Å². The minimum Gasteiger partial charge on any atom is -0.344 e. The summed E-state index contributed by atoms with van der Waals surface area (Å²) in [7, 11) is 0. The van der Waals surface area contributed by atoms with E-state index in [9.17, 15) is 0 Å². The van der Waals surface area contributed by atoms with E-state index in [-0.39, 0.29) is 0 Å². The van der Waals surface area contributed by atoms with Gasteiger partial charge >= 0.3 is 0 Å². The molecular weight excluding hydrogens is 392 g/mol. The van der Waals surface area contributed by atoms with Crippen LogP contribution >= 0.6 is 0 Å². The lowest BCUT2D eigenvalue weighted by molar-refractivity contribution is 1.31. The molecule has 2 N–H and O–H groups in total. The van der Waals surface area contributed by atoms with Gasteiger partial charge in [-0.25, -0.2) is 9.97 Å². The number of aromatic nitrogens is 4. The number of nitrogens with one attached hydrogen (secondary N) is 2. The van der Waals surface area contributed by atoms with Gasteiger partial charge in [0.25, 0.3) is 0 Å². The van der Waals surface area contributed by atoms with Crippen LogP contribution in [0.2, 0.25) is 0 Å². The summed E-state index contributed by atoms with van der Waals surface area (Å²) in [4.78, 5) is 16.1. The summed E-state index contributed by atoms with van der Waals surface area (Å²) in [5.41, 5.74) is 6.33.